The van der Waals surface area contributed by atoms with Crippen molar-refractivity contribution < 1.29 is 4.79 Å². The summed E-state index contributed by atoms with van der Waals surface area (Å²) in [6, 6.07) is 10.4. The van der Waals surface area contributed by atoms with Crippen LogP contribution in [0.25, 0.3) is 21.3 Å². The lowest BCUT2D eigenvalue weighted by Gasteiger charge is -2.38. The van der Waals surface area contributed by atoms with Gasteiger partial charge in [0.1, 0.15) is 10.9 Å². The van der Waals surface area contributed by atoms with Crippen molar-refractivity contribution in [1.82, 2.24) is 19.4 Å². The van der Waals surface area contributed by atoms with Gasteiger partial charge in [0, 0.05) is 50.1 Å². The molecule has 0 aliphatic carbocycles. The summed E-state index contributed by atoms with van der Waals surface area (Å²) in [4.78, 5) is 35.2. The zero-order valence-electron chi connectivity index (χ0n) is 19.3. The lowest BCUT2D eigenvalue weighted by atomic mass is 10.0. The maximum atomic E-state index is 13.2. The smallest absolute Gasteiger partial charge is 0.262 e. The first-order valence-electron chi connectivity index (χ1n) is 11.3. The molecule has 1 aliphatic heterocycles. The molecule has 2 aromatic heterocycles. The molecule has 0 bridgehead atoms. The Morgan fingerprint density at radius 3 is 2.52 bits per heavy atom. The van der Waals surface area contributed by atoms with Gasteiger partial charge in [0.2, 0.25) is 5.91 Å². The molecule has 3 aromatic rings. The van der Waals surface area contributed by atoms with Crippen LogP contribution in [0.2, 0.25) is 0 Å². The number of hydrogen-bond acceptors (Lipinski definition) is 6. The van der Waals surface area contributed by atoms with Crippen LogP contribution in [-0.4, -0.2) is 57.5 Å². The van der Waals surface area contributed by atoms with E-state index < -0.39 is 0 Å². The maximum absolute atomic E-state index is 13.2. The van der Waals surface area contributed by atoms with Crippen molar-refractivity contribution in [3.05, 3.63) is 51.9 Å². The first kappa shape index (κ1) is 23.1. The van der Waals surface area contributed by atoms with Crippen LogP contribution in [0.15, 0.2) is 40.8 Å². The molecule has 1 aromatic carbocycles. The van der Waals surface area contributed by atoms with E-state index in [-0.39, 0.29) is 29.8 Å². The monoisotopic (exact) mass is 463 g/mol. The number of piperazine rings is 1. The van der Waals surface area contributed by atoms with Crippen LogP contribution in [0.1, 0.15) is 25.8 Å². The number of thiophene rings is 1. The number of fused-ring (bicyclic) bond motifs is 1. The van der Waals surface area contributed by atoms with E-state index in [4.69, 9.17) is 0 Å². The quantitative estimate of drug-likeness (QED) is 0.559. The summed E-state index contributed by atoms with van der Waals surface area (Å²) in [7, 11) is 0. The van der Waals surface area contributed by atoms with Crippen molar-refractivity contribution in [3.8, 4) is 17.2 Å². The highest BCUT2D eigenvalue weighted by Gasteiger charge is 2.27. The van der Waals surface area contributed by atoms with Gasteiger partial charge < -0.3 is 4.90 Å². The number of nitrogens with zero attached hydrogens (tertiary/aromatic N) is 5. The second kappa shape index (κ2) is 9.86. The normalized spacial score (nSPS) is 15.7. The zero-order valence-corrected chi connectivity index (χ0v) is 20.1. The van der Waals surface area contributed by atoms with Crippen molar-refractivity contribution in [2.24, 2.45) is 5.92 Å². The molecule has 3 heterocycles. The number of hydrogen-bond donors (Lipinski definition) is 0. The minimum Gasteiger partial charge on any atom is -0.340 e. The zero-order chi connectivity index (χ0) is 23.5. The Morgan fingerprint density at radius 1 is 1.18 bits per heavy atom. The Morgan fingerprint density at radius 2 is 1.88 bits per heavy atom. The number of nitriles is 1. The molecule has 4 rings (SSSR count). The van der Waals surface area contributed by atoms with Gasteiger partial charge in [0.15, 0.2) is 0 Å². The van der Waals surface area contributed by atoms with Crippen LogP contribution in [0.3, 0.4) is 0 Å². The van der Waals surface area contributed by atoms with E-state index in [9.17, 15) is 14.9 Å². The van der Waals surface area contributed by atoms with Gasteiger partial charge >= 0.3 is 0 Å². The number of rotatable bonds is 6. The average Bonchev–Trinajstić information content (AvgIpc) is 3.24. The molecule has 33 heavy (non-hydrogen) atoms. The fourth-order valence-electron chi connectivity index (χ4n) is 4.35. The molecule has 0 spiro atoms. The van der Waals surface area contributed by atoms with E-state index in [1.165, 1.54) is 16.9 Å². The molecule has 0 radical (unpaired) electrons. The topological polar surface area (TPSA) is 82.2 Å². The first-order chi connectivity index (χ1) is 15.9. The van der Waals surface area contributed by atoms with Gasteiger partial charge in [-0.05, 0) is 18.4 Å². The van der Waals surface area contributed by atoms with Crippen LogP contribution in [-0.2, 0) is 11.3 Å². The largest absolute Gasteiger partial charge is 0.340 e. The van der Waals surface area contributed by atoms with E-state index in [1.54, 1.807) is 10.9 Å². The molecule has 1 fully saturated rings. The van der Waals surface area contributed by atoms with Gasteiger partial charge in [0.05, 0.1) is 17.8 Å². The minimum atomic E-state index is -0.119. The van der Waals surface area contributed by atoms with Crippen molar-refractivity contribution in [1.29, 1.82) is 5.26 Å². The highest BCUT2D eigenvalue weighted by molar-refractivity contribution is 7.17. The molecule has 1 amide bonds. The molecule has 1 unspecified atom stereocenters. The molecular weight excluding hydrogens is 434 g/mol. The summed E-state index contributed by atoms with van der Waals surface area (Å²) in [5, 5.41) is 12.0. The molecule has 0 saturated carbocycles. The molecule has 8 heteroatoms. The summed E-state index contributed by atoms with van der Waals surface area (Å²) in [6.45, 7) is 9.05. The Balaban J connectivity index is 1.44. The van der Waals surface area contributed by atoms with E-state index in [1.807, 2.05) is 55.3 Å². The van der Waals surface area contributed by atoms with Gasteiger partial charge in [-0.2, -0.15) is 5.26 Å². The molecule has 0 N–H and O–H groups in total. The fourth-order valence-corrected chi connectivity index (χ4v) is 5.25. The predicted molar refractivity (Wildman–Crippen MR) is 131 cm³/mol. The number of carbonyl (C=O) groups excluding carboxylic acids is 1. The summed E-state index contributed by atoms with van der Waals surface area (Å²) < 4.78 is 1.55. The van der Waals surface area contributed by atoms with Crippen LogP contribution >= 0.6 is 11.3 Å². The van der Waals surface area contributed by atoms with Gasteiger partial charge in [-0.3, -0.25) is 19.1 Å². The van der Waals surface area contributed by atoms with E-state index >= 15 is 0 Å². The maximum Gasteiger partial charge on any atom is 0.262 e. The van der Waals surface area contributed by atoms with Crippen molar-refractivity contribution in [3.63, 3.8) is 0 Å². The standard InChI is InChI=1S/C25H29N5O2S/c1-17(2)21(14-26)28-10-12-29(13-11-28)22(31)8-9-30-16-27-24-23(25(30)32)20(15-33-24)19-6-4-18(3)5-7-19/h4-7,15-17,21H,8-13H2,1-3H3. The van der Waals surface area contributed by atoms with Crippen molar-refractivity contribution in [2.75, 3.05) is 26.2 Å². The highest BCUT2D eigenvalue weighted by Crippen LogP contribution is 2.30. The predicted octanol–water partition coefficient (Wildman–Crippen LogP) is 3.52. The SMILES string of the molecule is Cc1ccc(-c2csc3ncn(CCC(=O)N4CCN(C(C#N)C(C)C)CC4)c(=O)c23)cc1. The number of aryl methyl sites for hydroxylation is 2. The van der Waals surface area contributed by atoms with Gasteiger partial charge in [-0.15, -0.1) is 11.3 Å². The van der Waals surface area contributed by atoms with E-state index in [0.717, 1.165) is 11.1 Å². The molecule has 1 aliphatic rings. The lowest BCUT2D eigenvalue weighted by molar-refractivity contribution is -0.133. The molecular formula is C25H29N5O2S. The highest BCUT2D eigenvalue weighted by atomic mass is 32.1. The Labute approximate surface area is 197 Å². The third-order valence-electron chi connectivity index (χ3n) is 6.31. The molecule has 1 saturated heterocycles. The third kappa shape index (κ3) is 4.85. The summed E-state index contributed by atoms with van der Waals surface area (Å²) in [5.74, 6) is 0.289. The second-order valence-corrected chi connectivity index (χ2v) is 9.78. The van der Waals surface area contributed by atoms with Gasteiger partial charge in [-0.25, -0.2) is 4.98 Å². The van der Waals surface area contributed by atoms with Crippen molar-refractivity contribution in [2.45, 2.75) is 39.8 Å². The molecule has 7 nitrogen and oxygen atoms in total. The summed E-state index contributed by atoms with van der Waals surface area (Å²) in [5.41, 5.74) is 2.94. The first-order valence-corrected chi connectivity index (χ1v) is 12.2. The fraction of sp³-hybridized carbons (Fsp3) is 0.440. The van der Waals surface area contributed by atoms with Crippen LogP contribution < -0.4 is 5.56 Å². The molecule has 172 valence electrons. The third-order valence-corrected chi connectivity index (χ3v) is 7.20. The number of benzene rings is 1. The number of carbonyl (C=O) groups is 1. The van der Waals surface area contributed by atoms with Crippen LogP contribution in [0, 0.1) is 24.2 Å². The number of aromatic nitrogens is 2. The Kier molecular flexibility index (Phi) is 6.91. The Bertz CT molecular complexity index is 1230. The van der Waals surface area contributed by atoms with Gasteiger partial charge in [-0.1, -0.05) is 43.7 Å². The van der Waals surface area contributed by atoms with Crippen LogP contribution in [0.4, 0.5) is 0 Å². The lowest BCUT2D eigenvalue weighted by Crippen LogP contribution is -2.53. The van der Waals surface area contributed by atoms with E-state index in [2.05, 4.69) is 16.0 Å². The van der Waals surface area contributed by atoms with Crippen molar-refractivity contribution >= 4 is 27.5 Å². The van der Waals surface area contributed by atoms with Gasteiger partial charge in [0.25, 0.3) is 5.56 Å². The average molecular weight is 464 g/mol. The minimum absolute atomic E-state index is 0.0313. The summed E-state index contributed by atoms with van der Waals surface area (Å²) >= 11 is 1.46. The molecule has 1 atom stereocenters. The second-order valence-electron chi connectivity index (χ2n) is 8.92. The Hall–Kier alpha value is -3.02. The van der Waals surface area contributed by atoms with Crippen LogP contribution in [0.5, 0.6) is 0 Å². The number of amides is 1. The van der Waals surface area contributed by atoms with E-state index in [0.29, 0.717) is 42.9 Å². The summed E-state index contributed by atoms with van der Waals surface area (Å²) in [6.07, 6.45) is 1.80.